The molecule has 0 bridgehead atoms. The highest BCUT2D eigenvalue weighted by molar-refractivity contribution is 7.07. The van der Waals surface area contributed by atoms with Crippen LogP contribution in [0.5, 0.6) is 0 Å². The summed E-state index contributed by atoms with van der Waals surface area (Å²) in [7, 11) is 0. The Labute approximate surface area is 124 Å². The summed E-state index contributed by atoms with van der Waals surface area (Å²) >= 11 is 1.77. The number of hydrogen-bond acceptors (Lipinski definition) is 4. The summed E-state index contributed by atoms with van der Waals surface area (Å²) in [5.74, 6) is 0.961. The molecule has 20 heavy (non-hydrogen) atoms. The molecule has 0 unspecified atom stereocenters. The van der Waals surface area contributed by atoms with Crippen LogP contribution in [0.15, 0.2) is 23.0 Å². The normalized spacial score (nSPS) is 16.1. The molecule has 0 atom stereocenters. The Balaban J connectivity index is 1.75. The SMILES string of the molecule is CC(C)(C)c1ncc2c(n1)CCN(Cc1ccsc1)C2. The van der Waals surface area contributed by atoms with Crippen molar-refractivity contribution in [2.24, 2.45) is 0 Å². The van der Waals surface area contributed by atoms with E-state index < -0.39 is 0 Å². The van der Waals surface area contributed by atoms with Crippen LogP contribution in [0.2, 0.25) is 0 Å². The van der Waals surface area contributed by atoms with Crippen LogP contribution in [0.3, 0.4) is 0 Å². The molecule has 3 rings (SSSR count). The first kappa shape index (κ1) is 13.7. The Morgan fingerprint density at radius 2 is 2.20 bits per heavy atom. The quantitative estimate of drug-likeness (QED) is 0.848. The van der Waals surface area contributed by atoms with Crippen LogP contribution in [0.1, 0.15) is 43.4 Å². The van der Waals surface area contributed by atoms with Crippen molar-refractivity contribution in [3.05, 3.63) is 45.7 Å². The maximum Gasteiger partial charge on any atom is 0.133 e. The minimum atomic E-state index is 0.0306. The summed E-state index contributed by atoms with van der Waals surface area (Å²) in [6.45, 7) is 9.59. The first-order chi connectivity index (χ1) is 9.52. The fourth-order valence-corrected chi connectivity index (χ4v) is 3.17. The van der Waals surface area contributed by atoms with E-state index in [9.17, 15) is 0 Å². The first-order valence-corrected chi connectivity index (χ1v) is 8.05. The number of thiophene rings is 1. The second-order valence-electron chi connectivity index (χ2n) is 6.51. The maximum absolute atomic E-state index is 4.78. The fourth-order valence-electron chi connectivity index (χ4n) is 2.51. The highest BCUT2D eigenvalue weighted by atomic mass is 32.1. The summed E-state index contributed by atoms with van der Waals surface area (Å²) in [6.07, 6.45) is 3.06. The van der Waals surface area contributed by atoms with Crippen LogP contribution < -0.4 is 0 Å². The minimum Gasteiger partial charge on any atom is -0.294 e. The zero-order chi connectivity index (χ0) is 14.2. The van der Waals surface area contributed by atoms with Crippen LogP contribution in [0, 0.1) is 0 Å². The fraction of sp³-hybridized carbons (Fsp3) is 0.500. The number of aromatic nitrogens is 2. The summed E-state index contributed by atoms with van der Waals surface area (Å²) < 4.78 is 0. The van der Waals surface area contributed by atoms with Crippen molar-refractivity contribution in [3.8, 4) is 0 Å². The Bertz CT molecular complexity index is 584. The van der Waals surface area contributed by atoms with E-state index in [1.165, 1.54) is 16.8 Å². The van der Waals surface area contributed by atoms with Crippen LogP contribution in [0.25, 0.3) is 0 Å². The molecule has 0 saturated carbocycles. The first-order valence-electron chi connectivity index (χ1n) is 7.11. The summed E-state index contributed by atoms with van der Waals surface area (Å²) in [6, 6.07) is 2.21. The van der Waals surface area contributed by atoms with E-state index in [1.807, 2.05) is 6.20 Å². The van der Waals surface area contributed by atoms with Gasteiger partial charge in [-0.3, -0.25) is 4.90 Å². The lowest BCUT2D eigenvalue weighted by Gasteiger charge is -2.28. The van der Waals surface area contributed by atoms with Gasteiger partial charge in [0.05, 0.1) is 0 Å². The van der Waals surface area contributed by atoms with E-state index in [4.69, 9.17) is 4.98 Å². The van der Waals surface area contributed by atoms with Crippen LogP contribution in [-0.4, -0.2) is 21.4 Å². The molecule has 0 aliphatic carbocycles. The van der Waals surface area contributed by atoms with E-state index in [-0.39, 0.29) is 5.41 Å². The van der Waals surface area contributed by atoms with Gasteiger partial charge in [0.25, 0.3) is 0 Å². The molecule has 0 radical (unpaired) electrons. The number of hydrogen-bond donors (Lipinski definition) is 0. The summed E-state index contributed by atoms with van der Waals surface area (Å²) in [4.78, 5) is 11.8. The molecule has 0 fully saturated rings. The Hall–Kier alpha value is -1.26. The Kier molecular flexibility index (Phi) is 3.61. The molecule has 4 heteroatoms. The molecular weight excluding hydrogens is 266 g/mol. The Morgan fingerprint density at radius 3 is 2.90 bits per heavy atom. The third kappa shape index (κ3) is 2.91. The minimum absolute atomic E-state index is 0.0306. The van der Waals surface area contributed by atoms with Gasteiger partial charge in [-0.2, -0.15) is 11.3 Å². The van der Waals surface area contributed by atoms with Crippen molar-refractivity contribution in [1.82, 2.24) is 14.9 Å². The predicted molar refractivity (Wildman–Crippen MR) is 82.9 cm³/mol. The molecule has 0 aromatic carbocycles. The molecule has 1 aliphatic heterocycles. The highest BCUT2D eigenvalue weighted by Gasteiger charge is 2.22. The van der Waals surface area contributed by atoms with Gasteiger partial charge in [-0.1, -0.05) is 20.8 Å². The maximum atomic E-state index is 4.78. The molecule has 2 aromatic heterocycles. The molecule has 0 amide bonds. The summed E-state index contributed by atoms with van der Waals surface area (Å²) in [5.41, 5.74) is 3.97. The molecule has 0 N–H and O–H groups in total. The Morgan fingerprint density at radius 1 is 1.35 bits per heavy atom. The van der Waals surface area contributed by atoms with Gasteiger partial charge in [-0.05, 0) is 22.4 Å². The van der Waals surface area contributed by atoms with E-state index in [2.05, 4.69) is 47.5 Å². The van der Waals surface area contributed by atoms with Crippen LogP contribution >= 0.6 is 11.3 Å². The molecule has 3 nitrogen and oxygen atoms in total. The third-order valence-corrected chi connectivity index (χ3v) is 4.40. The molecule has 0 spiro atoms. The average molecular weight is 287 g/mol. The van der Waals surface area contributed by atoms with Crippen molar-refractivity contribution < 1.29 is 0 Å². The average Bonchev–Trinajstić information content (AvgIpc) is 2.90. The van der Waals surface area contributed by atoms with E-state index in [0.29, 0.717) is 0 Å². The van der Waals surface area contributed by atoms with Gasteiger partial charge < -0.3 is 0 Å². The van der Waals surface area contributed by atoms with Crippen molar-refractivity contribution in [3.63, 3.8) is 0 Å². The van der Waals surface area contributed by atoms with Gasteiger partial charge in [-0.15, -0.1) is 0 Å². The molecule has 1 aliphatic rings. The van der Waals surface area contributed by atoms with Crippen molar-refractivity contribution >= 4 is 11.3 Å². The zero-order valence-corrected chi connectivity index (χ0v) is 13.2. The molecule has 0 saturated heterocycles. The predicted octanol–water partition coefficient (Wildman–Crippen LogP) is 3.39. The molecule has 106 valence electrons. The lowest BCUT2D eigenvalue weighted by Crippen LogP contribution is -2.31. The zero-order valence-electron chi connectivity index (χ0n) is 12.4. The lowest BCUT2D eigenvalue weighted by molar-refractivity contribution is 0.242. The topological polar surface area (TPSA) is 29.0 Å². The smallest absolute Gasteiger partial charge is 0.133 e. The number of fused-ring (bicyclic) bond motifs is 1. The van der Waals surface area contributed by atoms with Gasteiger partial charge in [-0.25, -0.2) is 9.97 Å². The highest BCUT2D eigenvalue weighted by Crippen LogP contribution is 2.23. The van der Waals surface area contributed by atoms with Crippen LogP contribution in [-0.2, 0) is 24.9 Å². The molecule has 3 heterocycles. The monoisotopic (exact) mass is 287 g/mol. The van der Waals surface area contributed by atoms with E-state index >= 15 is 0 Å². The standard InChI is InChI=1S/C16H21N3S/c1-16(2,3)15-17-8-13-10-19(6-4-14(13)18-15)9-12-5-7-20-11-12/h5,7-8,11H,4,6,9-10H2,1-3H3. The van der Waals surface area contributed by atoms with Crippen molar-refractivity contribution in [2.75, 3.05) is 6.54 Å². The van der Waals surface area contributed by atoms with Crippen molar-refractivity contribution in [2.45, 2.75) is 45.7 Å². The summed E-state index contributed by atoms with van der Waals surface area (Å²) in [5, 5.41) is 4.38. The second-order valence-corrected chi connectivity index (χ2v) is 7.29. The molecular formula is C16H21N3S. The number of rotatable bonds is 2. The van der Waals surface area contributed by atoms with Gasteiger partial charge in [0.15, 0.2) is 0 Å². The largest absolute Gasteiger partial charge is 0.294 e. The van der Waals surface area contributed by atoms with Crippen molar-refractivity contribution in [1.29, 1.82) is 0 Å². The molecule has 2 aromatic rings. The van der Waals surface area contributed by atoms with Gasteiger partial charge in [0.1, 0.15) is 5.82 Å². The number of nitrogens with zero attached hydrogens (tertiary/aromatic N) is 3. The second kappa shape index (κ2) is 5.26. The van der Waals surface area contributed by atoms with Gasteiger partial charge >= 0.3 is 0 Å². The third-order valence-electron chi connectivity index (χ3n) is 3.67. The van der Waals surface area contributed by atoms with E-state index in [1.54, 1.807) is 11.3 Å². The van der Waals surface area contributed by atoms with E-state index in [0.717, 1.165) is 31.9 Å². The van der Waals surface area contributed by atoms with Gasteiger partial charge in [0.2, 0.25) is 0 Å². The van der Waals surface area contributed by atoms with Crippen LogP contribution in [0.4, 0.5) is 0 Å². The van der Waals surface area contributed by atoms with Gasteiger partial charge in [0, 0.05) is 48.9 Å². The lowest BCUT2D eigenvalue weighted by atomic mass is 9.95.